The highest BCUT2D eigenvalue weighted by Crippen LogP contribution is 2.32. The number of aromatic carboxylic acids is 1. The van der Waals surface area contributed by atoms with Gasteiger partial charge in [0, 0.05) is 0 Å². The van der Waals surface area contributed by atoms with Crippen molar-refractivity contribution in [1.29, 1.82) is 0 Å². The minimum atomic E-state index is -1.13. The molecule has 0 aliphatic heterocycles. The van der Waals surface area contributed by atoms with Gasteiger partial charge >= 0.3 is 5.97 Å². The molecule has 0 unspecified atom stereocenters. The first kappa shape index (κ1) is 11.2. The van der Waals surface area contributed by atoms with Crippen LogP contribution in [-0.4, -0.2) is 23.2 Å². The van der Waals surface area contributed by atoms with Gasteiger partial charge in [-0.05, 0) is 24.6 Å². The molecule has 0 fully saturated rings. The molecule has 0 saturated carbocycles. The van der Waals surface area contributed by atoms with Crippen molar-refractivity contribution in [2.24, 2.45) is 0 Å². The number of hydrogen-bond acceptors (Lipinski definition) is 4. The molecule has 0 aliphatic rings. The second kappa shape index (κ2) is 4.29. The fraction of sp³-hybridized carbons (Fsp3) is 0.167. The Bertz CT molecular complexity index is 559. The van der Waals surface area contributed by atoms with Crippen molar-refractivity contribution in [3.8, 4) is 17.1 Å². The van der Waals surface area contributed by atoms with E-state index in [0.717, 1.165) is 12.0 Å². The molecular formula is C12H11NO4. The lowest BCUT2D eigenvalue weighted by Gasteiger charge is -2.07. The van der Waals surface area contributed by atoms with Crippen LogP contribution in [-0.2, 0) is 0 Å². The predicted octanol–water partition coefficient (Wildman–Crippen LogP) is 2.36. The highest BCUT2D eigenvalue weighted by atomic mass is 16.5. The normalized spacial score (nSPS) is 10.2. The van der Waals surface area contributed by atoms with Crippen LogP contribution < -0.4 is 4.74 Å². The first-order valence-corrected chi connectivity index (χ1v) is 4.95. The van der Waals surface area contributed by atoms with E-state index >= 15 is 0 Å². The number of oxazole rings is 1. The van der Waals surface area contributed by atoms with Gasteiger partial charge in [0.15, 0.2) is 17.8 Å². The molecule has 0 spiro atoms. The van der Waals surface area contributed by atoms with Gasteiger partial charge < -0.3 is 14.3 Å². The highest BCUT2D eigenvalue weighted by Gasteiger charge is 2.20. The summed E-state index contributed by atoms with van der Waals surface area (Å²) in [6.45, 7) is 1.92. The predicted molar refractivity (Wildman–Crippen MR) is 60.2 cm³/mol. The van der Waals surface area contributed by atoms with E-state index in [2.05, 4.69) is 4.98 Å². The number of aromatic nitrogens is 1. The van der Waals surface area contributed by atoms with Gasteiger partial charge in [-0.25, -0.2) is 9.78 Å². The van der Waals surface area contributed by atoms with Crippen LogP contribution >= 0.6 is 0 Å². The topological polar surface area (TPSA) is 72.6 Å². The van der Waals surface area contributed by atoms with Crippen LogP contribution in [0.5, 0.6) is 5.75 Å². The molecule has 17 heavy (non-hydrogen) atoms. The summed E-state index contributed by atoms with van der Waals surface area (Å²) in [5.41, 5.74) is 1.47. The summed E-state index contributed by atoms with van der Waals surface area (Å²) >= 11 is 0. The molecular weight excluding hydrogens is 222 g/mol. The van der Waals surface area contributed by atoms with Gasteiger partial charge in [0.25, 0.3) is 0 Å². The van der Waals surface area contributed by atoms with Crippen molar-refractivity contribution in [2.75, 3.05) is 7.11 Å². The van der Waals surface area contributed by atoms with Crippen LogP contribution in [0.3, 0.4) is 0 Å². The van der Waals surface area contributed by atoms with E-state index in [-0.39, 0.29) is 11.5 Å². The van der Waals surface area contributed by atoms with E-state index in [1.807, 2.05) is 19.1 Å². The van der Waals surface area contributed by atoms with E-state index in [9.17, 15) is 4.79 Å². The number of carbonyl (C=O) groups is 1. The number of aryl methyl sites for hydroxylation is 1. The third-order valence-electron chi connectivity index (χ3n) is 2.37. The zero-order valence-corrected chi connectivity index (χ0v) is 9.43. The monoisotopic (exact) mass is 233 g/mol. The first-order valence-electron chi connectivity index (χ1n) is 4.95. The van der Waals surface area contributed by atoms with Gasteiger partial charge in [0.05, 0.1) is 12.7 Å². The third-order valence-corrected chi connectivity index (χ3v) is 2.37. The Hall–Kier alpha value is -2.30. The second-order valence-electron chi connectivity index (χ2n) is 3.54. The summed E-state index contributed by atoms with van der Waals surface area (Å²) in [5.74, 6) is -0.366. The van der Waals surface area contributed by atoms with Gasteiger partial charge in [0.2, 0.25) is 0 Å². The van der Waals surface area contributed by atoms with E-state index in [1.54, 1.807) is 6.07 Å². The zero-order valence-electron chi connectivity index (χ0n) is 9.43. The summed E-state index contributed by atoms with van der Waals surface area (Å²) in [5, 5.41) is 8.97. The van der Waals surface area contributed by atoms with E-state index in [0.29, 0.717) is 11.3 Å². The molecule has 0 bridgehead atoms. The Morgan fingerprint density at radius 3 is 2.88 bits per heavy atom. The smallest absolute Gasteiger partial charge is 0.358 e. The number of rotatable bonds is 3. The van der Waals surface area contributed by atoms with E-state index in [4.69, 9.17) is 14.3 Å². The SMILES string of the molecule is COc1cc(C)ccc1-c1ocnc1C(=O)O. The summed E-state index contributed by atoms with van der Waals surface area (Å²) in [6, 6.07) is 5.41. The molecule has 2 rings (SSSR count). The van der Waals surface area contributed by atoms with E-state index in [1.165, 1.54) is 7.11 Å². The lowest BCUT2D eigenvalue weighted by molar-refractivity contribution is 0.0691. The van der Waals surface area contributed by atoms with Gasteiger partial charge in [-0.1, -0.05) is 6.07 Å². The van der Waals surface area contributed by atoms with Crippen LogP contribution in [0.25, 0.3) is 11.3 Å². The molecule has 5 heteroatoms. The average Bonchev–Trinajstić information content (AvgIpc) is 2.77. The number of carboxylic acids is 1. The minimum absolute atomic E-state index is 0.118. The van der Waals surface area contributed by atoms with Gasteiger partial charge in [0.1, 0.15) is 5.75 Å². The van der Waals surface area contributed by atoms with Crippen LogP contribution in [0.4, 0.5) is 0 Å². The van der Waals surface area contributed by atoms with E-state index < -0.39 is 5.97 Å². The molecule has 0 amide bonds. The Kier molecular flexibility index (Phi) is 2.82. The van der Waals surface area contributed by atoms with Crippen molar-refractivity contribution in [1.82, 2.24) is 4.98 Å². The molecule has 1 heterocycles. The largest absolute Gasteiger partial charge is 0.496 e. The quantitative estimate of drug-likeness (QED) is 0.880. The van der Waals surface area contributed by atoms with Crippen LogP contribution in [0.2, 0.25) is 0 Å². The Morgan fingerprint density at radius 1 is 1.47 bits per heavy atom. The Morgan fingerprint density at radius 2 is 2.24 bits per heavy atom. The molecule has 0 atom stereocenters. The zero-order chi connectivity index (χ0) is 12.4. The fourth-order valence-electron chi connectivity index (χ4n) is 1.58. The first-order chi connectivity index (χ1) is 8.13. The standard InChI is InChI=1S/C12H11NO4/c1-7-3-4-8(9(5-7)16-2)11-10(12(14)15)13-6-17-11/h3-6H,1-2H3,(H,14,15). The van der Waals surface area contributed by atoms with Crippen molar-refractivity contribution < 1.29 is 19.1 Å². The van der Waals surface area contributed by atoms with Gasteiger partial charge in [-0.3, -0.25) is 0 Å². The Balaban J connectivity index is 2.60. The highest BCUT2D eigenvalue weighted by molar-refractivity contribution is 5.93. The second-order valence-corrected chi connectivity index (χ2v) is 3.54. The third kappa shape index (κ3) is 1.99. The van der Waals surface area contributed by atoms with Crippen molar-refractivity contribution >= 4 is 5.97 Å². The molecule has 5 nitrogen and oxygen atoms in total. The molecule has 0 aliphatic carbocycles. The fourth-order valence-corrected chi connectivity index (χ4v) is 1.58. The summed E-state index contributed by atoms with van der Waals surface area (Å²) in [6.07, 6.45) is 1.11. The van der Waals surface area contributed by atoms with Crippen LogP contribution in [0.1, 0.15) is 16.1 Å². The molecule has 2 aromatic rings. The maximum absolute atomic E-state index is 11.0. The van der Waals surface area contributed by atoms with Crippen LogP contribution in [0.15, 0.2) is 29.0 Å². The average molecular weight is 233 g/mol. The molecule has 0 saturated heterocycles. The van der Waals surface area contributed by atoms with Crippen molar-refractivity contribution in [3.63, 3.8) is 0 Å². The molecule has 88 valence electrons. The van der Waals surface area contributed by atoms with Crippen molar-refractivity contribution in [2.45, 2.75) is 6.92 Å². The lowest BCUT2D eigenvalue weighted by Crippen LogP contribution is -1.99. The molecule has 1 aromatic carbocycles. The number of hydrogen-bond donors (Lipinski definition) is 1. The van der Waals surface area contributed by atoms with Crippen molar-refractivity contribution in [3.05, 3.63) is 35.9 Å². The maximum atomic E-state index is 11.0. The number of benzene rings is 1. The summed E-state index contributed by atoms with van der Waals surface area (Å²) < 4.78 is 10.3. The Labute approximate surface area is 97.7 Å². The summed E-state index contributed by atoms with van der Waals surface area (Å²) in [7, 11) is 1.52. The number of nitrogens with zero attached hydrogens (tertiary/aromatic N) is 1. The molecule has 1 aromatic heterocycles. The molecule has 0 radical (unpaired) electrons. The lowest BCUT2D eigenvalue weighted by atomic mass is 10.1. The van der Waals surface area contributed by atoms with Gasteiger partial charge in [-0.15, -0.1) is 0 Å². The number of ether oxygens (including phenoxy) is 1. The van der Waals surface area contributed by atoms with Crippen LogP contribution in [0, 0.1) is 6.92 Å². The molecule has 1 N–H and O–H groups in total. The number of methoxy groups -OCH3 is 1. The maximum Gasteiger partial charge on any atom is 0.358 e. The summed E-state index contributed by atoms with van der Waals surface area (Å²) in [4.78, 5) is 14.6. The minimum Gasteiger partial charge on any atom is -0.496 e. The number of carboxylic acid groups (broad SMARTS) is 1. The van der Waals surface area contributed by atoms with Gasteiger partial charge in [-0.2, -0.15) is 0 Å².